The van der Waals surface area contributed by atoms with E-state index in [4.69, 9.17) is 28.4 Å². The van der Waals surface area contributed by atoms with E-state index in [1.54, 1.807) is 0 Å². The Morgan fingerprint density at radius 2 is 0.806 bits per heavy atom. The fourth-order valence-corrected chi connectivity index (χ4v) is 7.20. The number of hydrogen-bond donors (Lipinski definition) is 0. The third-order valence-corrected chi connectivity index (χ3v) is 8.95. The molecule has 6 aliphatic rings. The Kier molecular flexibility index (Phi) is 6.31. The summed E-state index contributed by atoms with van der Waals surface area (Å²) >= 11 is 0. The topological polar surface area (TPSA) is 62.0 Å². The Morgan fingerprint density at radius 3 is 1.13 bits per heavy atom. The smallest absolute Gasteiger partial charge is 0.373 e. The molecule has 6 fully saturated rings. The second-order valence-electron chi connectivity index (χ2n) is 11.0. The molecule has 0 amide bonds. The molecule has 4 atom stereocenters. The highest BCUT2D eigenvalue weighted by atomic mass is 17.0. The maximum Gasteiger partial charge on any atom is 0.412 e. The van der Waals surface area contributed by atoms with Crippen LogP contribution in [0.4, 0.5) is 0 Å². The average Bonchev–Trinajstić information content (AvgIpc) is 3.74. The summed E-state index contributed by atoms with van der Waals surface area (Å²) < 4.78 is 36.2. The molecule has 0 aromatic heterocycles. The molecule has 4 saturated heterocycles. The molecule has 4 aliphatic heterocycles. The molecule has 0 bridgehead atoms. The normalized spacial score (nSPS) is 44.1. The molecule has 2 aliphatic carbocycles. The van der Waals surface area contributed by atoms with Gasteiger partial charge in [0.1, 0.15) is 0 Å². The van der Waals surface area contributed by atoms with Crippen LogP contribution in [-0.4, -0.2) is 58.0 Å². The molecule has 1 spiro atoms. The third-order valence-electron chi connectivity index (χ3n) is 8.95. The molecule has 6 heteroatoms. The van der Waals surface area contributed by atoms with Gasteiger partial charge in [-0.15, -0.1) is 0 Å². The average molecular weight is 437 g/mol. The first-order chi connectivity index (χ1) is 15.3. The molecule has 6 rings (SSSR count). The van der Waals surface area contributed by atoms with Crippen molar-refractivity contribution in [3.8, 4) is 0 Å². The standard InChI is InChI=1S/C25H40O6/c1-3-7-17(8-4-1)23(21-15-26-21)19-11-28-25(29-12-19)30-13-20(14-31-25)24(22-16-27-22)18-9-5-2-6-10-18/h17-24H,1-16H2. The third kappa shape index (κ3) is 4.71. The van der Waals surface area contributed by atoms with Gasteiger partial charge in [0, 0.05) is 11.8 Å². The lowest BCUT2D eigenvalue weighted by Crippen LogP contribution is -2.56. The van der Waals surface area contributed by atoms with E-state index >= 15 is 0 Å². The lowest BCUT2D eigenvalue weighted by atomic mass is 9.72. The van der Waals surface area contributed by atoms with Crippen molar-refractivity contribution in [3.05, 3.63) is 0 Å². The molecule has 4 unspecified atom stereocenters. The van der Waals surface area contributed by atoms with Crippen LogP contribution in [0.25, 0.3) is 0 Å². The highest BCUT2D eigenvalue weighted by molar-refractivity contribution is 4.93. The minimum Gasteiger partial charge on any atom is -0.373 e. The first-order valence-corrected chi connectivity index (χ1v) is 13.1. The molecule has 6 nitrogen and oxygen atoms in total. The quantitative estimate of drug-likeness (QED) is 0.584. The van der Waals surface area contributed by atoms with Gasteiger partial charge in [0.15, 0.2) is 0 Å². The van der Waals surface area contributed by atoms with Crippen LogP contribution in [0.15, 0.2) is 0 Å². The second-order valence-corrected chi connectivity index (χ2v) is 11.0. The maximum atomic E-state index is 6.16. The molecule has 0 aromatic carbocycles. The minimum absolute atomic E-state index is 0.376. The Morgan fingerprint density at radius 1 is 0.452 bits per heavy atom. The van der Waals surface area contributed by atoms with E-state index in [-0.39, 0.29) is 0 Å². The summed E-state index contributed by atoms with van der Waals surface area (Å²) in [5.74, 6) is 3.36. The van der Waals surface area contributed by atoms with Gasteiger partial charge in [0.2, 0.25) is 0 Å². The van der Waals surface area contributed by atoms with E-state index in [1.807, 2.05) is 0 Å². The first-order valence-electron chi connectivity index (χ1n) is 13.1. The molecule has 0 N–H and O–H groups in total. The van der Waals surface area contributed by atoms with Crippen molar-refractivity contribution in [2.24, 2.45) is 35.5 Å². The SMILES string of the molecule is C1CCC(C(C2COC3(OC2)OCC(C(C2CCCCC2)C2CO2)CO3)C2CO2)CC1. The number of epoxide rings is 2. The first kappa shape index (κ1) is 21.3. The summed E-state index contributed by atoms with van der Waals surface area (Å²) in [6.45, 7) is 4.38. The van der Waals surface area contributed by atoms with Crippen LogP contribution >= 0.6 is 0 Å². The number of ether oxygens (including phenoxy) is 6. The maximum absolute atomic E-state index is 6.16. The van der Waals surface area contributed by atoms with Gasteiger partial charge in [-0.3, -0.25) is 0 Å². The van der Waals surface area contributed by atoms with Crippen LogP contribution in [0.5, 0.6) is 0 Å². The summed E-state index contributed by atoms with van der Waals surface area (Å²) in [6, 6.07) is 0. The van der Waals surface area contributed by atoms with Gasteiger partial charge < -0.3 is 28.4 Å². The highest BCUT2D eigenvalue weighted by Crippen LogP contribution is 2.46. The van der Waals surface area contributed by atoms with Gasteiger partial charge in [-0.25, -0.2) is 0 Å². The zero-order chi connectivity index (χ0) is 20.7. The highest BCUT2D eigenvalue weighted by Gasteiger charge is 2.52. The van der Waals surface area contributed by atoms with Crippen LogP contribution in [-0.2, 0) is 28.4 Å². The molecule has 0 aromatic rings. The summed E-state index contributed by atoms with van der Waals surface area (Å²) in [7, 11) is 0. The number of rotatable bonds is 6. The molecular formula is C25H40O6. The van der Waals surface area contributed by atoms with Crippen molar-refractivity contribution in [2.45, 2.75) is 82.6 Å². The summed E-state index contributed by atoms with van der Waals surface area (Å²) in [4.78, 5) is 0. The summed E-state index contributed by atoms with van der Waals surface area (Å²) in [6.07, 6.45) is 13.0. The zero-order valence-electron chi connectivity index (χ0n) is 18.9. The Bertz CT molecular complexity index is 521. The van der Waals surface area contributed by atoms with Crippen molar-refractivity contribution in [2.75, 3.05) is 39.6 Å². The fourth-order valence-electron chi connectivity index (χ4n) is 7.20. The lowest BCUT2D eigenvalue weighted by Gasteiger charge is -2.46. The lowest BCUT2D eigenvalue weighted by molar-refractivity contribution is -0.538. The van der Waals surface area contributed by atoms with E-state index in [0.29, 0.717) is 62.3 Å². The van der Waals surface area contributed by atoms with Crippen LogP contribution in [0.3, 0.4) is 0 Å². The summed E-state index contributed by atoms with van der Waals surface area (Å²) in [5, 5.41) is 0. The van der Waals surface area contributed by atoms with Crippen LogP contribution in [0, 0.1) is 35.5 Å². The molecular weight excluding hydrogens is 396 g/mol. The fraction of sp³-hybridized carbons (Fsp3) is 1.00. The Labute approximate surface area is 186 Å². The monoisotopic (exact) mass is 436 g/mol. The van der Waals surface area contributed by atoms with Crippen molar-refractivity contribution in [3.63, 3.8) is 0 Å². The van der Waals surface area contributed by atoms with Gasteiger partial charge in [-0.1, -0.05) is 64.2 Å². The predicted octanol–water partition coefficient (Wildman–Crippen LogP) is 4.11. The van der Waals surface area contributed by atoms with Crippen molar-refractivity contribution >= 4 is 0 Å². The van der Waals surface area contributed by atoms with Crippen molar-refractivity contribution in [1.29, 1.82) is 0 Å². The largest absolute Gasteiger partial charge is 0.412 e. The van der Waals surface area contributed by atoms with Gasteiger partial charge in [0.05, 0.1) is 51.8 Å². The molecule has 176 valence electrons. The van der Waals surface area contributed by atoms with Crippen molar-refractivity contribution < 1.29 is 28.4 Å². The molecule has 2 saturated carbocycles. The predicted molar refractivity (Wildman–Crippen MR) is 113 cm³/mol. The van der Waals surface area contributed by atoms with Gasteiger partial charge in [-0.2, -0.15) is 0 Å². The summed E-state index contributed by atoms with van der Waals surface area (Å²) in [5.41, 5.74) is 0. The molecule has 31 heavy (non-hydrogen) atoms. The second kappa shape index (κ2) is 9.19. The Hall–Kier alpha value is -0.240. The van der Waals surface area contributed by atoms with Crippen LogP contribution in [0.2, 0.25) is 0 Å². The van der Waals surface area contributed by atoms with E-state index in [0.717, 1.165) is 25.0 Å². The van der Waals surface area contributed by atoms with Crippen LogP contribution < -0.4 is 0 Å². The van der Waals surface area contributed by atoms with Gasteiger partial charge in [-0.05, 0) is 23.7 Å². The molecule has 0 radical (unpaired) electrons. The van der Waals surface area contributed by atoms with E-state index in [9.17, 15) is 0 Å². The van der Waals surface area contributed by atoms with E-state index < -0.39 is 6.16 Å². The van der Waals surface area contributed by atoms with Gasteiger partial charge >= 0.3 is 6.16 Å². The number of hydrogen-bond acceptors (Lipinski definition) is 6. The molecule has 4 heterocycles. The minimum atomic E-state index is -1.28. The zero-order valence-corrected chi connectivity index (χ0v) is 18.9. The van der Waals surface area contributed by atoms with Crippen LogP contribution in [0.1, 0.15) is 64.2 Å². The van der Waals surface area contributed by atoms with E-state index in [2.05, 4.69) is 0 Å². The van der Waals surface area contributed by atoms with Crippen molar-refractivity contribution in [1.82, 2.24) is 0 Å². The van der Waals surface area contributed by atoms with Gasteiger partial charge in [0.25, 0.3) is 0 Å². The van der Waals surface area contributed by atoms with E-state index in [1.165, 1.54) is 64.2 Å². The Balaban J connectivity index is 1.04.